The molecule has 1 N–H and O–H groups in total. The fourth-order valence-electron chi connectivity index (χ4n) is 4.22. The lowest BCUT2D eigenvalue weighted by Crippen LogP contribution is -2.14. The number of imidazole rings is 1. The highest BCUT2D eigenvalue weighted by Gasteiger charge is 2.12. The van der Waals surface area contributed by atoms with Crippen molar-refractivity contribution < 1.29 is 4.79 Å². The summed E-state index contributed by atoms with van der Waals surface area (Å²) in [6, 6.07) is 24.4. The number of rotatable bonds is 10. The van der Waals surface area contributed by atoms with Crippen LogP contribution in [0.5, 0.6) is 0 Å². The summed E-state index contributed by atoms with van der Waals surface area (Å²) < 4.78 is 1.90. The zero-order valence-corrected chi connectivity index (χ0v) is 19.7. The average Bonchev–Trinajstić information content (AvgIpc) is 3.17. The van der Waals surface area contributed by atoms with E-state index in [1.807, 2.05) is 60.1 Å². The van der Waals surface area contributed by atoms with E-state index < -0.39 is 0 Å². The third-order valence-corrected chi connectivity index (χ3v) is 6.27. The maximum absolute atomic E-state index is 12.8. The number of para-hydroxylation sites is 2. The van der Waals surface area contributed by atoms with Gasteiger partial charge in [0, 0.05) is 12.6 Å². The Morgan fingerprint density at radius 1 is 0.818 bits per heavy atom. The van der Waals surface area contributed by atoms with Crippen LogP contribution in [0, 0.1) is 0 Å². The summed E-state index contributed by atoms with van der Waals surface area (Å²) in [5.41, 5.74) is 6.15. The van der Waals surface area contributed by atoms with Gasteiger partial charge in [-0.15, -0.1) is 0 Å². The number of benzene rings is 3. The molecule has 0 aliphatic heterocycles. The van der Waals surface area contributed by atoms with E-state index in [0.717, 1.165) is 23.0 Å². The largest absolute Gasteiger partial charge is 0.313 e. The molecule has 0 saturated carbocycles. The molecule has 0 fully saturated rings. The number of aromatic nitrogens is 2. The number of nitrogens with zero attached hydrogens (tertiary/aromatic N) is 2. The Labute approximate surface area is 196 Å². The number of hydrogen-bond acceptors (Lipinski definition) is 2. The Morgan fingerprint density at radius 2 is 1.45 bits per heavy atom. The van der Waals surface area contributed by atoms with Crippen molar-refractivity contribution in [1.29, 1.82) is 0 Å². The van der Waals surface area contributed by atoms with Crippen molar-refractivity contribution in [3.63, 3.8) is 0 Å². The van der Waals surface area contributed by atoms with E-state index in [-0.39, 0.29) is 5.91 Å². The fourth-order valence-corrected chi connectivity index (χ4v) is 4.22. The molecule has 1 aromatic heterocycles. The van der Waals surface area contributed by atoms with E-state index in [4.69, 9.17) is 0 Å². The van der Waals surface area contributed by atoms with Gasteiger partial charge in [0.25, 0.3) is 5.91 Å². The van der Waals surface area contributed by atoms with Crippen molar-refractivity contribution in [2.24, 2.45) is 7.05 Å². The van der Waals surface area contributed by atoms with Crippen LogP contribution in [0.1, 0.15) is 61.4 Å². The third-order valence-electron chi connectivity index (χ3n) is 6.27. The van der Waals surface area contributed by atoms with Crippen LogP contribution in [0.15, 0.2) is 72.8 Å². The number of nitrogens with one attached hydrogen (secondary N) is 1. The Hall–Kier alpha value is -3.40. The van der Waals surface area contributed by atoms with Gasteiger partial charge < -0.3 is 4.57 Å². The SMILES string of the molecule is CCCCCCCCc1ccc(-c2ccc(C(=O)Nc3nc4ccccc4n3C)cc2)cc1. The van der Waals surface area contributed by atoms with Gasteiger partial charge in [-0.25, -0.2) is 4.98 Å². The molecule has 0 saturated heterocycles. The van der Waals surface area contributed by atoms with Crippen molar-refractivity contribution >= 4 is 22.9 Å². The molecule has 0 aliphatic rings. The summed E-state index contributed by atoms with van der Waals surface area (Å²) >= 11 is 0. The second-order valence-electron chi connectivity index (χ2n) is 8.73. The van der Waals surface area contributed by atoms with Crippen molar-refractivity contribution in [2.45, 2.75) is 51.9 Å². The first-order valence-electron chi connectivity index (χ1n) is 12.1. The number of carbonyl (C=O) groups excluding carboxylic acids is 1. The van der Waals surface area contributed by atoms with Crippen molar-refractivity contribution in [3.05, 3.63) is 83.9 Å². The van der Waals surface area contributed by atoms with Gasteiger partial charge in [0.2, 0.25) is 5.95 Å². The quantitative estimate of drug-likeness (QED) is 0.262. The summed E-state index contributed by atoms with van der Waals surface area (Å²) in [5.74, 6) is 0.389. The normalized spacial score (nSPS) is 11.1. The monoisotopic (exact) mass is 439 g/mol. The van der Waals surface area contributed by atoms with E-state index in [1.165, 1.54) is 49.7 Å². The highest BCUT2D eigenvalue weighted by atomic mass is 16.1. The molecule has 1 heterocycles. The van der Waals surface area contributed by atoms with Crippen LogP contribution in [0.4, 0.5) is 5.95 Å². The summed E-state index contributed by atoms with van der Waals surface area (Å²) in [4.78, 5) is 17.3. The maximum Gasteiger partial charge on any atom is 0.257 e. The first kappa shape index (κ1) is 22.8. The molecule has 170 valence electrons. The Balaban J connectivity index is 1.34. The van der Waals surface area contributed by atoms with Gasteiger partial charge in [-0.2, -0.15) is 0 Å². The lowest BCUT2D eigenvalue weighted by atomic mass is 10.00. The minimum Gasteiger partial charge on any atom is -0.313 e. The van der Waals surface area contributed by atoms with Crippen LogP contribution < -0.4 is 5.32 Å². The molecular formula is C29H33N3O. The smallest absolute Gasteiger partial charge is 0.257 e. The van der Waals surface area contributed by atoms with Crippen molar-refractivity contribution in [2.75, 3.05) is 5.32 Å². The molecule has 0 spiro atoms. The van der Waals surface area contributed by atoms with Crippen molar-refractivity contribution in [1.82, 2.24) is 9.55 Å². The maximum atomic E-state index is 12.8. The summed E-state index contributed by atoms with van der Waals surface area (Å²) in [5, 5.41) is 2.93. The standard InChI is InChI=1S/C29H33N3O/c1-3-4-5-6-7-8-11-22-14-16-23(17-15-22)24-18-20-25(21-19-24)28(33)31-29-30-26-12-9-10-13-27(26)32(29)2/h9-10,12-21H,3-8,11H2,1-2H3,(H,30,31,33). The molecule has 33 heavy (non-hydrogen) atoms. The average molecular weight is 440 g/mol. The molecule has 0 atom stereocenters. The van der Waals surface area contributed by atoms with Gasteiger partial charge in [-0.3, -0.25) is 10.1 Å². The number of hydrogen-bond donors (Lipinski definition) is 1. The number of carbonyl (C=O) groups is 1. The van der Waals surface area contributed by atoms with Crippen molar-refractivity contribution in [3.8, 4) is 11.1 Å². The van der Waals surface area contributed by atoms with E-state index in [0.29, 0.717) is 11.5 Å². The number of fused-ring (bicyclic) bond motifs is 1. The molecule has 3 aromatic carbocycles. The van der Waals surface area contributed by atoms with Gasteiger partial charge in [0.1, 0.15) is 0 Å². The van der Waals surface area contributed by atoms with Gasteiger partial charge in [-0.1, -0.05) is 87.6 Å². The Kier molecular flexibility index (Phi) is 7.56. The topological polar surface area (TPSA) is 46.9 Å². The predicted octanol–water partition coefficient (Wildman–Crippen LogP) is 7.40. The highest BCUT2D eigenvalue weighted by molar-refractivity contribution is 6.04. The minimum atomic E-state index is -0.158. The molecular weight excluding hydrogens is 406 g/mol. The summed E-state index contributed by atoms with van der Waals surface area (Å²) in [6.07, 6.45) is 9.10. The van der Waals surface area contributed by atoms with Crippen LogP contribution in [0.3, 0.4) is 0 Å². The molecule has 4 nitrogen and oxygen atoms in total. The molecule has 4 heteroatoms. The van der Waals surface area contributed by atoms with Gasteiger partial charge >= 0.3 is 0 Å². The van der Waals surface area contributed by atoms with E-state index in [1.54, 1.807) is 0 Å². The predicted molar refractivity (Wildman–Crippen MR) is 138 cm³/mol. The van der Waals surface area contributed by atoms with Gasteiger partial charge in [0.05, 0.1) is 11.0 Å². The first-order valence-corrected chi connectivity index (χ1v) is 12.1. The molecule has 4 rings (SSSR count). The van der Waals surface area contributed by atoms with Crippen LogP contribution in [0.2, 0.25) is 0 Å². The molecule has 0 radical (unpaired) electrons. The summed E-state index contributed by atoms with van der Waals surface area (Å²) in [7, 11) is 1.91. The molecule has 1 amide bonds. The van der Waals surface area contributed by atoms with E-state index >= 15 is 0 Å². The highest BCUT2D eigenvalue weighted by Crippen LogP contribution is 2.22. The lowest BCUT2D eigenvalue weighted by molar-refractivity contribution is 0.102. The second-order valence-corrected chi connectivity index (χ2v) is 8.73. The Bertz CT molecular complexity index is 1190. The first-order chi connectivity index (χ1) is 16.2. The number of amides is 1. The molecule has 0 aliphatic carbocycles. The fraction of sp³-hybridized carbons (Fsp3) is 0.310. The van der Waals surface area contributed by atoms with E-state index in [9.17, 15) is 4.79 Å². The zero-order valence-electron chi connectivity index (χ0n) is 19.7. The van der Waals surface area contributed by atoms with E-state index in [2.05, 4.69) is 41.5 Å². The molecule has 0 unspecified atom stereocenters. The zero-order chi connectivity index (χ0) is 23.0. The van der Waals surface area contributed by atoms with Crippen LogP contribution >= 0.6 is 0 Å². The molecule has 0 bridgehead atoms. The lowest BCUT2D eigenvalue weighted by Gasteiger charge is -2.08. The van der Waals surface area contributed by atoms with Crippen LogP contribution in [-0.2, 0) is 13.5 Å². The number of anilines is 1. The minimum absolute atomic E-state index is 0.158. The number of unbranched alkanes of at least 4 members (excludes halogenated alkanes) is 5. The third kappa shape index (κ3) is 5.70. The Morgan fingerprint density at radius 3 is 2.15 bits per heavy atom. The van der Waals surface area contributed by atoms with Crippen LogP contribution in [0.25, 0.3) is 22.2 Å². The molecule has 4 aromatic rings. The summed E-state index contributed by atoms with van der Waals surface area (Å²) in [6.45, 7) is 2.26. The van der Waals surface area contributed by atoms with Gasteiger partial charge in [-0.05, 0) is 53.8 Å². The number of aryl methyl sites for hydroxylation is 2. The van der Waals surface area contributed by atoms with Crippen LogP contribution in [-0.4, -0.2) is 15.5 Å². The van der Waals surface area contributed by atoms with Gasteiger partial charge in [0.15, 0.2) is 0 Å². The second kappa shape index (κ2) is 11.0.